The summed E-state index contributed by atoms with van der Waals surface area (Å²) in [6.45, 7) is -0.241. The topological polar surface area (TPSA) is 59.4 Å². The van der Waals surface area contributed by atoms with Gasteiger partial charge in [0.1, 0.15) is 5.02 Å². The molecular formula is C10H9ClF3NO3. The van der Waals surface area contributed by atoms with Crippen molar-refractivity contribution in [2.24, 2.45) is 0 Å². The van der Waals surface area contributed by atoms with Crippen LogP contribution < -0.4 is 4.74 Å². The molecule has 1 aromatic rings. The third-order valence-electron chi connectivity index (χ3n) is 1.93. The van der Waals surface area contributed by atoms with Gasteiger partial charge in [-0.05, 0) is 12.5 Å². The number of carboxylic acids is 1. The first-order chi connectivity index (χ1) is 8.31. The number of carbonyl (C=O) groups is 1. The quantitative estimate of drug-likeness (QED) is 0.843. The van der Waals surface area contributed by atoms with Crippen LogP contribution in [0.5, 0.6) is 5.88 Å². The summed E-state index contributed by atoms with van der Waals surface area (Å²) in [5.41, 5.74) is -0.211. The van der Waals surface area contributed by atoms with Crippen LogP contribution in [0.25, 0.3) is 0 Å². The number of hydrogen-bond acceptors (Lipinski definition) is 3. The molecule has 0 atom stereocenters. The van der Waals surface area contributed by atoms with Crippen molar-refractivity contribution in [1.82, 2.24) is 4.98 Å². The number of aromatic nitrogens is 1. The third kappa shape index (κ3) is 4.40. The van der Waals surface area contributed by atoms with Crippen molar-refractivity contribution in [3.05, 3.63) is 22.8 Å². The lowest BCUT2D eigenvalue weighted by Gasteiger charge is -2.09. The smallest absolute Gasteiger partial charge is 0.389 e. The lowest BCUT2D eigenvalue weighted by molar-refractivity contribution is -0.136. The van der Waals surface area contributed by atoms with Crippen molar-refractivity contribution in [3.63, 3.8) is 0 Å². The van der Waals surface area contributed by atoms with E-state index in [-0.39, 0.29) is 29.5 Å². The molecule has 1 aromatic heterocycles. The Kier molecular flexibility index (Phi) is 4.77. The molecule has 0 aliphatic rings. The van der Waals surface area contributed by atoms with Gasteiger partial charge >= 0.3 is 12.1 Å². The van der Waals surface area contributed by atoms with Gasteiger partial charge in [-0.2, -0.15) is 13.2 Å². The van der Waals surface area contributed by atoms with Crippen molar-refractivity contribution in [2.75, 3.05) is 6.61 Å². The lowest BCUT2D eigenvalue weighted by Crippen LogP contribution is -2.10. The minimum atomic E-state index is -4.25. The van der Waals surface area contributed by atoms with Gasteiger partial charge in [-0.1, -0.05) is 11.6 Å². The number of halogens is 4. The van der Waals surface area contributed by atoms with E-state index in [0.717, 1.165) is 6.20 Å². The first kappa shape index (κ1) is 14.6. The Bertz CT molecular complexity index is 437. The molecule has 1 heterocycles. The highest BCUT2D eigenvalue weighted by Crippen LogP contribution is 2.26. The van der Waals surface area contributed by atoms with E-state index in [1.165, 1.54) is 6.07 Å². The fourth-order valence-electron chi connectivity index (χ4n) is 1.13. The average Bonchev–Trinajstić information content (AvgIpc) is 2.24. The molecule has 8 heteroatoms. The number of hydrogen-bond donors (Lipinski definition) is 1. The third-order valence-corrected chi connectivity index (χ3v) is 2.30. The Balaban J connectivity index is 2.58. The molecule has 0 aliphatic heterocycles. The fourth-order valence-corrected chi connectivity index (χ4v) is 1.38. The van der Waals surface area contributed by atoms with Crippen molar-refractivity contribution >= 4 is 17.6 Å². The van der Waals surface area contributed by atoms with Gasteiger partial charge in [-0.25, -0.2) is 9.78 Å². The Morgan fingerprint density at radius 2 is 2.17 bits per heavy atom. The molecule has 18 heavy (non-hydrogen) atoms. The molecular weight excluding hydrogens is 275 g/mol. The molecule has 0 saturated heterocycles. The molecule has 0 aromatic carbocycles. The molecule has 0 saturated carbocycles. The predicted octanol–water partition coefficient (Wildman–Crippen LogP) is 3.15. The summed E-state index contributed by atoms with van der Waals surface area (Å²) >= 11 is 5.68. The molecule has 100 valence electrons. The second-order valence-corrected chi connectivity index (χ2v) is 3.73. The van der Waals surface area contributed by atoms with Crippen LogP contribution in [-0.4, -0.2) is 28.8 Å². The van der Waals surface area contributed by atoms with E-state index in [2.05, 4.69) is 4.98 Å². The number of ether oxygens (including phenoxy) is 1. The van der Waals surface area contributed by atoms with Gasteiger partial charge in [0.05, 0.1) is 12.2 Å². The minimum absolute atomic E-state index is 0.182. The zero-order valence-corrected chi connectivity index (χ0v) is 9.75. The normalized spacial score (nSPS) is 11.3. The number of alkyl halides is 3. The number of pyridine rings is 1. The van der Waals surface area contributed by atoms with Crippen LogP contribution in [0.2, 0.25) is 5.02 Å². The predicted molar refractivity (Wildman–Crippen MR) is 57.0 cm³/mol. The summed E-state index contributed by atoms with van der Waals surface area (Å²) in [5, 5.41) is 8.53. The molecule has 1 N–H and O–H groups in total. The highest BCUT2D eigenvalue weighted by molar-refractivity contribution is 6.34. The van der Waals surface area contributed by atoms with Crippen LogP contribution in [0.1, 0.15) is 23.2 Å². The summed E-state index contributed by atoms with van der Waals surface area (Å²) < 4.78 is 40.5. The fraction of sp³-hybridized carbons (Fsp3) is 0.400. The number of rotatable bonds is 5. The van der Waals surface area contributed by atoms with Gasteiger partial charge in [0.25, 0.3) is 0 Å². The SMILES string of the molecule is O=C(O)c1ccnc(OCCCC(F)(F)F)c1Cl. The van der Waals surface area contributed by atoms with E-state index in [9.17, 15) is 18.0 Å². The molecule has 0 bridgehead atoms. The van der Waals surface area contributed by atoms with Crippen LogP contribution in [-0.2, 0) is 0 Å². The monoisotopic (exact) mass is 283 g/mol. The Labute approximate surface area is 105 Å². The highest BCUT2D eigenvalue weighted by Gasteiger charge is 2.26. The molecule has 0 spiro atoms. The highest BCUT2D eigenvalue weighted by atomic mass is 35.5. The van der Waals surface area contributed by atoms with Crippen LogP contribution in [0.15, 0.2) is 12.3 Å². The average molecular weight is 284 g/mol. The standard InChI is InChI=1S/C10H9ClF3NO3/c11-7-6(9(16)17)2-4-15-8(7)18-5-1-3-10(12,13)14/h2,4H,1,3,5H2,(H,16,17). The van der Waals surface area contributed by atoms with Gasteiger partial charge in [-0.3, -0.25) is 0 Å². The van der Waals surface area contributed by atoms with Crippen LogP contribution in [0, 0.1) is 0 Å². The van der Waals surface area contributed by atoms with E-state index in [1.54, 1.807) is 0 Å². The number of aromatic carboxylic acids is 1. The van der Waals surface area contributed by atoms with E-state index < -0.39 is 18.6 Å². The summed E-state index contributed by atoms with van der Waals surface area (Å²) in [6.07, 6.45) is -4.32. The zero-order valence-electron chi connectivity index (χ0n) is 9.00. The summed E-state index contributed by atoms with van der Waals surface area (Å²) in [7, 11) is 0. The molecule has 0 amide bonds. The Morgan fingerprint density at radius 3 is 2.72 bits per heavy atom. The largest absolute Gasteiger partial charge is 0.478 e. The minimum Gasteiger partial charge on any atom is -0.478 e. The van der Waals surface area contributed by atoms with E-state index in [4.69, 9.17) is 21.4 Å². The van der Waals surface area contributed by atoms with E-state index >= 15 is 0 Å². The van der Waals surface area contributed by atoms with Gasteiger partial charge in [0, 0.05) is 12.6 Å². The van der Waals surface area contributed by atoms with E-state index in [0.29, 0.717) is 0 Å². The van der Waals surface area contributed by atoms with Crippen molar-refractivity contribution in [3.8, 4) is 5.88 Å². The van der Waals surface area contributed by atoms with Crippen molar-refractivity contribution in [2.45, 2.75) is 19.0 Å². The van der Waals surface area contributed by atoms with Gasteiger partial charge < -0.3 is 9.84 Å². The summed E-state index contributed by atoms with van der Waals surface area (Å²) in [5.74, 6) is -1.44. The summed E-state index contributed by atoms with van der Waals surface area (Å²) in [6, 6.07) is 1.17. The maximum Gasteiger partial charge on any atom is 0.389 e. The van der Waals surface area contributed by atoms with Gasteiger partial charge in [-0.15, -0.1) is 0 Å². The molecule has 0 unspecified atom stereocenters. The molecule has 0 aliphatic carbocycles. The first-order valence-corrected chi connectivity index (χ1v) is 5.26. The van der Waals surface area contributed by atoms with Gasteiger partial charge in [0.2, 0.25) is 5.88 Å². The van der Waals surface area contributed by atoms with Crippen LogP contribution in [0.3, 0.4) is 0 Å². The van der Waals surface area contributed by atoms with E-state index in [1.807, 2.05) is 0 Å². The zero-order chi connectivity index (χ0) is 13.8. The Hall–Kier alpha value is -1.50. The number of nitrogens with zero attached hydrogens (tertiary/aromatic N) is 1. The van der Waals surface area contributed by atoms with Crippen molar-refractivity contribution < 1.29 is 27.8 Å². The van der Waals surface area contributed by atoms with Gasteiger partial charge in [0.15, 0.2) is 0 Å². The second kappa shape index (κ2) is 5.90. The number of carboxylic acid groups (broad SMARTS) is 1. The maximum absolute atomic E-state index is 11.9. The molecule has 4 nitrogen and oxygen atoms in total. The molecule has 1 rings (SSSR count). The lowest BCUT2D eigenvalue weighted by atomic mass is 10.2. The Morgan fingerprint density at radius 1 is 1.50 bits per heavy atom. The van der Waals surface area contributed by atoms with Crippen molar-refractivity contribution in [1.29, 1.82) is 0 Å². The molecule has 0 radical (unpaired) electrons. The maximum atomic E-state index is 11.9. The summed E-state index contributed by atoms with van der Waals surface area (Å²) in [4.78, 5) is 14.4. The second-order valence-electron chi connectivity index (χ2n) is 3.35. The first-order valence-electron chi connectivity index (χ1n) is 4.88. The van der Waals surface area contributed by atoms with Crippen LogP contribution >= 0.6 is 11.6 Å². The molecule has 0 fully saturated rings. The van der Waals surface area contributed by atoms with Crippen LogP contribution in [0.4, 0.5) is 13.2 Å².